The van der Waals surface area contributed by atoms with Crippen molar-refractivity contribution < 1.29 is 14.3 Å². The van der Waals surface area contributed by atoms with E-state index in [0.717, 1.165) is 10.6 Å². The number of aromatic nitrogens is 2. The largest absolute Gasteiger partial charge is 0.462 e. The van der Waals surface area contributed by atoms with Crippen LogP contribution in [0.25, 0.3) is 5.65 Å². The van der Waals surface area contributed by atoms with E-state index in [1.807, 2.05) is 24.4 Å². The number of nitrogens with zero attached hydrogens (tertiary/aromatic N) is 2. The fourth-order valence-electron chi connectivity index (χ4n) is 2.39. The van der Waals surface area contributed by atoms with Gasteiger partial charge in [0.1, 0.15) is 10.6 Å². The highest BCUT2D eigenvalue weighted by Gasteiger charge is 2.18. The number of nitrogens with one attached hydrogen (secondary N) is 1. The average molecular weight is 343 g/mol. The molecule has 3 aromatic rings. The lowest BCUT2D eigenvalue weighted by atomic mass is 10.2. The van der Waals surface area contributed by atoms with Gasteiger partial charge in [0.15, 0.2) is 0 Å². The van der Waals surface area contributed by atoms with E-state index in [1.165, 1.54) is 11.3 Å². The van der Waals surface area contributed by atoms with Crippen LogP contribution in [0, 0.1) is 13.8 Å². The number of imidazole rings is 1. The van der Waals surface area contributed by atoms with E-state index < -0.39 is 5.97 Å². The van der Waals surface area contributed by atoms with Gasteiger partial charge in [0.25, 0.3) is 5.91 Å². The Bertz CT molecular complexity index is 926. The third kappa shape index (κ3) is 3.16. The molecular formula is C17H17N3O3S. The van der Waals surface area contributed by atoms with Crippen molar-refractivity contribution in [2.45, 2.75) is 20.8 Å². The summed E-state index contributed by atoms with van der Waals surface area (Å²) in [6.45, 7) is 5.81. The lowest BCUT2D eigenvalue weighted by Crippen LogP contribution is -2.14. The number of hydrogen-bond donors (Lipinski definition) is 1. The first kappa shape index (κ1) is 16.2. The first-order chi connectivity index (χ1) is 11.5. The molecule has 1 amide bonds. The second-order valence-corrected chi connectivity index (χ2v) is 6.59. The molecule has 0 radical (unpaired) electrons. The number of amides is 1. The summed E-state index contributed by atoms with van der Waals surface area (Å²) in [5.41, 5.74) is 2.44. The number of aryl methyl sites for hydroxylation is 2. The van der Waals surface area contributed by atoms with Crippen LogP contribution in [-0.4, -0.2) is 27.9 Å². The predicted molar refractivity (Wildman–Crippen MR) is 92.9 cm³/mol. The summed E-state index contributed by atoms with van der Waals surface area (Å²) in [7, 11) is 0. The fraction of sp³-hybridized carbons (Fsp3) is 0.235. The van der Waals surface area contributed by atoms with E-state index in [4.69, 9.17) is 4.74 Å². The molecule has 6 nitrogen and oxygen atoms in total. The molecule has 0 saturated heterocycles. The van der Waals surface area contributed by atoms with E-state index in [2.05, 4.69) is 10.3 Å². The molecular weight excluding hydrogens is 326 g/mol. The van der Waals surface area contributed by atoms with Crippen LogP contribution < -0.4 is 5.32 Å². The number of fused-ring (bicyclic) bond motifs is 1. The lowest BCUT2D eigenvalue weighted by molar-refractivity contribution is 0.0528. The number of ether oxygens (including phenoxy) is 1. The number of pyridine rings is 1. The van der Waals surface area contributed by atoms with Gasteiger partial charge >= 0.3 is 5.97 Å². The van der Waals surface area contributed by atoms with Crippen molar-refractivity contribution in [2.24, 2.45) is 0 Å². The maximum absolute atomic E-state index is 12.5. The Morgan fingerprint density at radius 1 is 1.33 bits per heavy atom. The van der Waals surface area contributed by atoms with Crippen molar-refractivity contribution in [3.05, 3.63) is 52.3 Å². The van der Waals surface area contributed by atoms with Gasteiger partial charge in [-0.15, -0.1) is 11.3 Å². The molecule has 1 N–H and O–H groups in total. The summed E-state index contributed by atoms with van der Waals surface area (Å²) in [5.74, 6) is -0.720. The highest BCUT2D eigenvalue weighted by atomic mass is 32.1. The third-order valence-electron chi connectivity index (χ3n) is 3.42. The second kappa shape index (κ2) is 6.45. The topological polar surface area (TPSA) is 72.7 Å². The number of carbonyl (C=O) groups is 2. The normalized spacial score (nSPS) is 10.8. The smallest absolute Gasteiger partial charge is 0.341 e. The molecule has 0 aliphatic heterocycles. The Morgan fingerprint density at radius 2 is 2.12 bits per heavy atom. The first-order valence-electron chi connectivity index (χ1n) is 7.52. The monoisotopic (exact) mass is 343 g/mol. The number of rotatable bonds is 4. The Morgan fingerprint density at radius 3 is 2.88 bits per heavy atom. The summed E-state index contributed by atoms with van der Waals surface area (Å²) < 4.78 is 6.89. The highest BCUT2D eigenvalue weighted by Crippen LogP contribution is 2.28. The Labute approximate surface area is 143 Å². The average Bonchev–Trinajstić information content (AvgIpc) is 3.08. The molecule has 0 aliphatic carbocycles. The molecule has 0 atom stereocenters. The highest BCUT2D eigenvalue weighted by molar-refractivity contribution is 7.16. The van der Waals surface area contributed by atoms with E-state index in [-0.39, 0.29) is 12.5 Å². The zero-order valence-electron chi connectivity index (χ0n) is 13.6. The maximum atomic E-state index is 12.5. The van der Waals surface area contributed by atoms with Gasteiger partial charge in [-0.1, -0.05) is 0 Å². The van der Waals surface area contributed by atoms with Gasteiger partial charge in [-0.05, 0) is 39.0 Å². The molecule has 0 saturated carbocycles. The number of anilines is 1. The van der Waals surface area contributed by atoms with Gasteiger partial charge in [0.2, 0.25) is 0 Å². The molecule has 0 bridgehead atoms. The van der Waals surface area contributed by atoms with Crippen molar-refractivity contribution in [1.29, 1.82) is 0 Å². The molecule has 0 aromatic carbocycles. The van der Waals surface area contributed by atoms with Gasteiger partial charge in [-0.2, -0.15) is 0 Å². The van der Waals surface area contributed by atoms with Gasteiger partial charge < -0.3 is 14.5 Å². The Balaban J connectivity index is 1.87. The van der Waals surface area contributed by atoms with Crippen LogP contribution >= 0.6 is 11.3 Å². The van der Waals surface area contributed by atoms with E-state index in [0.29, 0.717) is 21.8 Å². The predicted octanol–water partition coefficient (Wildman–Crippen LogP) is 3.44. The van der Waals surface area contributed by atoms with Gasteiger partial charge in [-0.3, -0.25) is 4.79 Å². The number of esters is 1. The van der Waals surface area contributed by atoms with Gasteiger partial charge in [-0.25, -0.2) is 9.78 Å². The SMILES string of the molecule is CCOC(=O)c1cc(C)sc1NC(=O)c1ccn2cc(C)nc2c1. The molecule has 0 spiro atoms. The first-order valence-corrected chi connectivity index (χ1v) is 8.34. The van der Waals surface area contributed by atoms with Crippen LogP contribution in [0.1, 0.15) is 38.2 Å². The molecule has 24 heavy (non-hydrogen) atoms. The Kier molecular flexibility index (Phi) is 4.35. The molecule has 0 aliphatic rings. The summed E-state index contributed by atoms with van der Waals surface area (Å²) in [6.07, 6.45) is 3.68. The van der Waals surface area contributed by atoms with Crippen LogP contribution in [0.2, 0.25) is 0 Å². The summed E-state index contributed by atoms with van der Waals surface area (Å²) in [4.78, 5) is 29.8. The molecule has 0 fully saturated rings. The van der Waals surface area contributed by atoms with Crippen molar-refractivity contribution in [3.8, 4) is 0 Å². The molecule has 7 heteroatoms. The second-order valence-electron chi connectivity index (χ2n) is 5.34. The molecule has 0 unspecified atom stereocenters. The van der Waals surface area contributed by atoms with Gasteiger partial charge in [0.05, 0.1) is 17.9 Å². The minimum atomic E-state index is -0.434. The van der Waals surface area contributed by atoms with E-state index >= 15 is 0 Å². The minimum Gasteiger partial charge on any atom is -0.462 e. The van der Waals surface area contributed by atoms with Crippen molar-refractivity contribution >= 4 is 33.9 Å². The molecule has 3 heterocycles. The minimum absolute atomic E-state index is 0.287. The van der Waals surface area contributed by atoms with Crippen LogP contribution in [-0.2, 0) is 4.74 Å². The third-order valence-corrected chi connectivity index (χ3v) is 4.39. The van der Waals surface area contributed by atoms with E-state index in [1.54, 1.807) is 31.3 Å². The lowest BCUT2D eigenvalue weighted by Gasteiger charge is -2.06. The standard InChI is InChI=1S/C17H17N3O3S/c1-4-23-17(22)13-7-11(3)24-16(13)19-15(21)12-5-6-20-9-10(2)18-14(20)8-12/h5-9H,4H2,1-3H3,(H,19,21). The quantitative estimate of drug-likeness (QED) is 0.737. The van der Waals surface area contributed by atoms with Crippen LogP contribution in [0.5, 0.6) is 0 Å². The number of hydrogen-bond acceptors (Lipinski definition) is 5. The zero-order valence-corrected chi connectivity index (χ0v) is 14.4. The molecule has 3 rings (SSSR count). The van der Waals surface area contributed by atoms with E-state index in [9.17, 15) is 9.59 Å². The zero-order chi connectivity index (χ0) is 17.3. The van der Waals surface area contributed by atoms with Crippen LogP contribution in [0.15, 0.2) is 30.6 Å². The van der Waals surface area contributed by atoms with Crippen LogP contribution in [0.4, 0.5) is 5.00 Å². The maximum Gasteiger partial charge on any atom is 0.341 e. The van der Waals surface area contributed by atoms with Crippen molar-refractivity contribution in [2.75, 3.05) is 11.9 Å². The molecule has 124 valence electrons. The Hall–Kier alpha value is -2.67. The van der Waals surface area contributed by atoms with Crippen molar-refractivity contribution in [1.82, 2.24) is 9.38 Å². The number of carbonyl (C=O) groups excluding carboxylic acids is 2. The summed E-state index contributed by atoms with van der Waals surface area (Å²) >= 11 is 1.35. The summed E-state index contributed by atoms with van der Waals surface area (Å²) in [6, 6.07) is 5.15. The number of thiophene rings is 1. The summed E-state index contributed by atoms with van der Waals surface area (Å²) in [5, 5.41) is 3.30. The fourth-order valence-corrected chi connectivity index (χ4v) is 3.29. The van der Waals surface area contributed by atoms with Gasteiger partial charge in [0, 0.05) is 22.8 Å². The van der Waals surface area contributed by atoms with Crippen LogP contribution in [0.3, 0.4) is 0 Å². The molecule has 3 aromatic heterocycles. The van der Waals surface area contributed by atoms with Crippen molar-refractivity contribution in [3.63, 3.8) is 0 Å².